The van der Waals surface area contributed by atoms with Gasteiger partial charge in [-0.25, -0.2) is 0 Å². The zero-order valence-electron chi connectivity index (χ0n) is 32.1. The van der Waals surface area contributed by atoms with Crippen LogP contribution in [0.3, 0.4) is 0 Å². The Bertz CT molecular complexity index is 1700. The molecule has 4 aromatic rings. The minimum absolute atomic E-state index is 0.167. The molecule has 0 spiro atoms. The van der Waals surface area contributed by atoms with Gasteiger partial charge in [0.2, 0.25) is 0 Å². The van der Waals surface area contributed by atoms with Crippen LogP contribution in [0.25, 0.3) is 0 Å². The van der Waals surface area contributed by atoms with E-state index < -0.39 is 24.4 Å². The van der Waals surface area contributed by atoms with E-state index in [1.165, 1.54) is 0 Å². The molecule has 0 unspecified atom stereocenters. The summed E-state index contributed by atoms with van der Waals surface area (Å²) in [4.78, 5) is 0. The lowest BCUT2D eigenvalue weighted by Gasteiger charge is -2.24. The SMILES string of the molecule is COc1ccc([C@@H](O)[C@@H](C)Oc2ccc([C@H]3O[C@@H](c4ccc(O[C@@H](C)[C@@H](O)c5ccc(OC)c(OC)c5)c(OC)c4)[C@@H](C)[C@H]3C)cc2OC)cc1OC. The van der Waals surface area contributed by atoms with Crippen LogP contribution in [0.2, 0.25) is 0 Å². The first-order chi connectivity index (χ1) is 25.5. The van der Waals surface area contributed by atoms with Gasteiger partial charge in [-0.2, -0.15) is 0 Å². The molecule has 5 rings (SSSR count). The summed E-state index contributed by atoms with van der Waals surface area (Å²) < 4.78 is 52.2. The first-order valence-corrected chi connectivity index (χ1v) is 17.6. The maximum Gasteiger partial charge on any atom is 0.161 e. The number of aliphatic hydroxyl groups excluding tert-OH is 2. The Morgan fingerprint density at radius 3 is 1.11 bits per heavy atom. The zero-order chi connectivity index (χ0) is 38.4. The number of methoxy groups -OCH3 is 6. The minimum Gasteiger partial charge on any atom is -0.493 e. The van der Waals surface area contributed by atoms with Crippen molar-refractivity contribution in [2.24, 2.45) is 11.8 Å². The van der Waals surface area contributed by atoms with Crippen LogP contribution in [0.1, 0.15) is 74.4 Å². The van der Waals surface area contributed by atoms with Gasteiger partial charge in [0.05, 0.1) is 54.9 Å². The highest BCUT2D eigenvalue weighted by molar-refractivity contribution is 5.48. The average molecular weight is 733 g/mol. The van der Waals surface area contributed by atoms with Gasteiger partial charge < -0.3 is 52.8 Å². The van der Waals surface area contributed by atoms with E-state index in [1.54, 1.807) is 92.9 Å². The molecule has 1 aliphatic rings. The van der Waals surface area contributed by atoms with Gasteiger partial charge in [-0.1, -0.05) is 38.1 Å². The largest absolute Gasteiger partial charge is 0.493 e. The first kappa shape index (κ1) is 39.4. The molecule has 0 bridgehead atoms. The summed E-state index contributed by atoms with van der Waals surface area (Å²) >= 11 is 0. The predicted octanol–water partition coefficient (Wildman–Crippen LogP) is 7.82. The number of hydrogen-bond acceptors (Lipinski definition) is 11. The van der Waals surface area contributed by atoms with Gasteiger partial charge >= 0.3 is 0 Å². The van der Waals surface area contributed by atoms with Crippen molar-refractivity contribution < 1.29 is 52.8 Å². The fourth-order valence-corrected chi connectivity index (χ4v) is 6.78. The van der Waals surface area contributed by atoms with E-state index in [4.69, 9.17) is 42.6 Å². The lowest BCUT2D eigenvalue weighted by Crippen LogP contribution is -2.22. The standard InChI is InChI=1S/C42H52O11/c1-23-24(2)42(30-14-18-34(38(22-30)50-10)52-26(4)40(44)28-12-16-32(46-6)36(20-28)48-8)53-41(23)29-13-17-33(37(21-29)49-9)51-25(3)39(43)27-11-15-31(45-5)35(19-27)47-7/h11-26,39-44H,1-10H3/t23-,24+,25-,26+,39+,40-,41+,42-. The van der Waals surface area contributed by atoms with Gasteiger partial charge in [0.1, 0.15) is 24.4 Å². The second kappa shape index (κ2) is 17.3. The number of benzene rings is 4. The average Bonchev–Trinajstić information content (AvgIpc) is 3.49. The molecular formula is C42H52O11. The Morgan fingerprint density at radius 1 is 0.453 bits per heavy atom. The molecule has 8 atom stereocenters. The molecule has 1 aliphatic heterocycles. The Balaban J connectivity index is 1.29. The summed E-state index contributed by atoms with van der Waals surface area (Å²) in [6, 6.07) is 22.1. The third-order valence-electron chi connectivity index (χ3n) is 10.1. The van der Waals surface area contributed by atoms with Crippen LogP contribution in [0.4, 0.5) is 0 Å². The lowest BCUT2D eigenvalue weighted by atomic mass is 9.85. The van der Waals surface area contributed by atoms with Crippen LogP contribution in [-0.4, -0.2) is 65.1 Å². The molecule has 11 nitrogen and oxygen atoms in total. The summed E-state index contributed by atoms with van der Waals surface area (Å²) in [5.74, 6) is 4.62. The molecule has 0 saturated carbocycles. The molecule has 1 saturated heterocycles. The van der Waals surface area contributed by atoms with Crippen molar-refractivity contribution in [3.05, 3.63) is 95.1 Å². The molecule has 1 fully saturated rings. The lowest BCUT2D eigenvalue weighted by molar-refractivity contribution is 0.0281. The molecule has 4 aromatic carbocycles. The van der Waals surface area contributed by atoms with Gasteiger partial charge in [-0.15, -0.1) is 0 Å². The van der Waals surface area contributed by atoms with Crippen LogP contribution < -0.4 is 37.9 Å². The molecule has 0 aromatic heterocycles. The van der Waals surface area contributed by atoms with Gasteiger partial charge in [0.25, 0.3) is 0 Å². The third-order valence-corrected chi connectivity index (χ3v) is 10.1. The van der Waals surface area contributed by atoms with E-state index in [9.17, 15) is 10.2 Å². The molecule has 0 aliphatic carbocycles. The normalized spacial score (nSPS) is 20.5. The Labute approximate surface area is 312 Å². The Hall–Kier alpha value is -4.84. The maximum atomic E-state index is 11.1. The molecule has 0 radical (unpaired) electrons. The van der Waals surface area contributed by atoms with Crippen molar-refractivity contribution in [1.82, 2.24) is 0 Å². The van der Waals surface area contributed by atoms with E-state index >= 15 is 0 Å². The van der Waals surface area contributed by atoms with Gasteiger partial charge in [-0.05, 0) is 96.5 Å². The van der Waals surface area contributed by atoms with Crippen molar-refractivity contribution in [3.63, 3.8) is 0 Å². The fraction of sp³-hybridized carbons (Fsp3) is 0.429. The number of hydrogen-bond donors (Lipinski definition) is 2. The molecule has 53 heavy (non-hydrogen) atoms. The second-order valence-corrected chi connectivity index (χ2v) is 13.3. The maximum absolute atomic E-state index is 11.1. The van der Waals surface area contributed by atoms with E-state index in [-0.39, 0.29) is 24.0 Å². The molecular weight excluding hydrogens is 680 g/mol. The van der Waals surface area contributed by atoms with Crippen LogP contribution >= 0.6 is 0 Å². The van der Waals surface area contributed by atoms with Crippen LogP contribution in [0, 0.1) is 11.8 Å². The zero-order valence-corrected chi connectivity index (χ0v) is 32.1. The summed E-state index contributed by atoms with van der Waals surface area (Å²) in [6.45, 7) is 7.96. The van der Waals surface area contributed by atoms with Crippen molar-refractivity contribution in [2.75, 3.05) is 42.7 Å². The van der Waals surface area contributed by atoms with E-state index in [0.29, 0.717) is 57.1 Å². The summed E-state index contributed by atoms with van der Waals surface area (Å²) in [5, 5.41) is 22.2. The van der Waals surface area contributed by atoms with Crippen LogP contribution in [-0.2, 0) is 4.74 Å². The third kappa shape index (κ3) is 8.38. The Kier molecular flexibility index (Phi) is 12.9. The van der Waals surface area contributed by atoms with Gasteiger partial charge in [0.15, 0.2) is 46.0 Å². The number of ether oxygens (including phenoxy) is 9. The quantitative estimate of drug-likeness (QED) is 0.117. The van der Waals surface area contributed by atoms with Crippen molar-refractivity contribution in [3.8, 4) is 46.0 Å². The summed E-state index contributed by atoms with van der Waals surface area (Å²) in [6.07, 6.45) is -3.49. The topological polar surface area (TPSA) is 124 Å². The molecule has 0 amide bonds. The van der Waals surface area contributed by atoms with Crippen molar-refractivity contribution >= 4 is 0 Å². The van der Waals surface area contributed by atoms with Gasteiger partial charge in [-0.3, -0.25) is 0 Å². The minimum atomic E-state index is -0.932. The predicted molar refractivity (Wildman–Crippen MR) is 200 cm³/mol. The highest BCUT2D eigenvalue weighted by Gasteiger charge is 2.41. The molecule has 2 N–H and O–H groups in total. The summed E-state index contributed by atoms with van der Waals surface area (Å²) in [5.41, 5.74) is 3.18. The fourth-order valence-electron chi connectivity index (χ4n) is 6.78. The van der Waals surface area contributed by atoms with E-state index in [1.807, 2.05) is 36.4 Å². The second-order valence-electron chi connectivity index (χ2n) is 13.3. The monoisotopic (exact) mass is 732 g/mol. The van der Waals surface area contributed by atoms with Crippen molar-refractivity contribution in [2.45, 2.75) is 64.3 Å². The Morgan fingerprint density at radius 2 is 0.774 bits per heavy atom. The molecule has 1 heterocycles. The number of aliphatic hydroxyl groups is 2. The highest BCUT2D eigenvalue weighted by atomic mass is 16.5. The highest BCUT2D eigenvalue weighted by Crippen LogP contribution is 2.51. The van der Waals surface area contributed by atoms with Gasteiger partial charge in [0, 0.05) is 0 Å². The van der Waals surface area contributed by atoms with Crippen LogP contribution in [0.5, 0.6) is 46.0 Å². The summed E-state index contributed by atoms with van der Waals surface area (Å²) in [7, 11) is 9.43. The first-order valence-electron chi connectivity index (χ1n) is 17.6. The van der Waals surface area contributed by atoms with Crippen LogP contribution in [0.15, 0.2) is 72.8 Å². The number of rotatable bonds is 16. The molecule has 11 heteroatoms. The van der Waals surface area contributed by atoms with E-state index in [2.05, 4.69) is 13.8 Å². The molecule has 286 valence electrons. The van der Waals surface area contributed by atoms with Crippen molar-refractivity contribution in [1.29, 1.82) is 0 Å². The van der Waals surface area contributed by atoms with E-state index in [0.717, 1.165) is 11.1 Å². The smallest absolute Gasteiger partial charge is 0.161 e.